The number of nitriles is 1. The molecule has 0 saturated carbocycles. The number of aliphatic hydroxyl groups is 1. The Bertz CT molecular complexity index is 968. The van der Waals surface area contributed by atoms with Crippen molar-refractivity contribution in [1.82, 2.24) is 20.2 Å². The number of hydrogen-bond donors (Lipinski definition) is 3. The van der Waals surface area contributed by atoms with E-state index >= 15 is 0 Å². The lowest BCUT2D eigenvalue weighted by molar-refractivity contribution is -0.142. The highest BCUT2D eigenvalue weighted by atomic mass is 16.5. The van der Waals surface area contributed by atoms with Crippen molar-refractivity contribution in [3.63, 3.8) is 0 Å². The van der Waals surface area contributed by atoms with Gasteiger partial charge in [-0.05, 0) is 38.8 Å². The Balaban J connectivity index is 1.75. The first-order valence-electron chi connectivity index (χ1n) is 10.3. The van der Waals surface area contributed by atoms with Crippen molar-refractivity contribution in [2.75, 3.05) is 38.2 Å². The van der Waals surface area contributed by atoms with Crippen molar-refractivity contribution in [3.8, 4) is 6.07 Å². The number of aromatic nitrogens is 2. The number of hydrogen-bond acceptors (Lipinski definition) is 8. The van der Waals surface area contributed by atoms with Crippen molar-refractivity contribution in [1.29, 1.82) is 5.26 Å². The maximum Gasteiger partial charge on any atom is 0.248 e. The first kappa shape index (κ1) is 22.5. The van der Waals surface area contributed by atoms with Gasteiger partial charge in [0.25, 0.3) is 0 Å². The van der Waals surface area contributed by atoms with Crippen LogP contribution in [0.15, 0.2) is 35.8 Å². The van der Waals surface area contributed by atoms with Crippen molar-refractivity contribution >= 4 is 17.4 Å². The van der Waals surface area contributed by atoms with Crippen molar-refractivity contribution in [2.45, 2.75) is 32.8 Å². The molecule has 2 aliphatic rings. The molecule has 3 N–H and O–H groups in total. The van der Waals surface area contributed by atoms with E-state index in [1.54, 1.807) is 43.3 Å². The van der Waals surface area contributed by atoms with Gasteiger partial charge >= 0.3 is 0 Å². The van der Waals surface area contributed by atoms with E-state index in [4.69, 9.17) is 4.74 Å². The lowest BCUT2D eigenvalue weighted by Crippen LogP contribution is -2.42. The number of amides is 1. The van der Waals surface area contributed by atoms with Crippen LogP contribution in [-0.2, 0) is 9.53 Å². The maximum atomic E-state index is 11.8. The number of aryl methyl sites for hydroxylation is 1. The minimum Gasteiger partial charge on any atom is -0.386 e. The van der Waals surface area contributed by atoms with E-state index in [2.05, 4.69) is 26.7 Å². The zero-order chi connectivity index (χ0) is 22.4. The van der Waals surface area contributed by atoms with Gasteiger partial charge in [-0.15, -0.1) is 0 Å². The summed E-state index contributed by atoms with van der Waals surface area (Å²) in [4.78, 5) is 22.4. The van der Waals surface area contributed by atoms with E-state index in [0.717, 1.165) is 12.0 Å². The van der Waals surface area contributed by atoms with E-state index in [-0.39, 0.29) is 12.5 Å². The van der Waals surface area contributed by atoms with Gasteiger partial charge in [0.15, 0.2) is 0 Å². The van der Waals surface area contributed by atoms with E-state index in [1.807, 2.05) is 6.92 Å². The summed E-state index contributed by atoms with van der Waals surface area (Å²) in [6.45, 7) is 7.74. The highest BCUT2D eigenvalue weighted by Crippen LogP contribution is 2.30. The van der Waals surface area contributed by atoms with Crippen LogP contribution < -0.4 is 10.6 Å². The number of rotatable bonds is 7. The van der Waals surface area contributed by atoms with E-state index in [9.17, 15) is 15.2 Å². The molecule has 0 radical (unpaired) electrons. The number of dihydropyridines is 1. The van der Waals surface area contributed by atoms with Crippen LogP contribution in [-0.4, -0.2) is 64.3 Å². The molecule has 1 amide bonds. The lowest BCUT2D eigenvalue weighted by Gasteiger charge is -2.27. The molecule has 0 unspecified atom stereocenters. The van der Waals surface area contributed by atoms with Crippen LogP contribution >= 0.6 is 0 Å². The zero-order valence-electron chi connectivity index (χ0n) is 18.1. The average molecular weight is 425 g/mol. The number of anilines is 1. The molecule has 1 fully saturated rings. The van der Waals surface area contributed by atoms with Gasteiger partial charge in [0.05, 0.1) is 23.6 Å². The summed E-state index contributed by atoms with van der Waals surface area (Å²) in [5, 5.41) is 26.7. The van der Waals surface area contributed by atoms with Crippen LogP contribution in [0.3, 0.4) is 0 Å². The van der Waals surface area contributed by atoms with Crippen LogP contribution in [0.2, 0.25) is 0 Å². The number of allylic oxidation sites excluding steroid dienone is 3. The topological polar surface area (TPSA) is 123 Å². The molecule has 0 aromatic carbocycles. The fourth-order valence-corrected chi connectivity index (χ4v) is 3.42. The van der Waals surface area contributed by atoms with Crippen molar-refractivity contribution in [2.24, 2.45) is 0 Å². The summed E-state index contributed by atoms with van der Waals surface area (Å²) in [6.07, 6.45) is 7.68. The van der Waals surface area contributed by atoms with Crippen molar-refractivity contribution in [3.05, 3.63) is 47.1 Å². The highest BCUT2D eigenvalue weighted by molar-refractivity contribution is 5.82. The second-order valence-electron chi connectivity index (χ2n) is 7.94. The molecule has 2 aliphatic heterocycles. The molecule has 0 aliphatic carbocycles. The first-order chi connectivity index (χ1) is 14.8. The molecule has 9 heteroatoms. The summed E-state index contributed by atoms with van der Waals surface area (Å²) >= 11 is 0. The molecular weight excluding hydrogens is 396 g/mol. The molecule has 164 valence electrons. The van der Waals surface area contributed by atoms with Crippen LogP contribution in [0.4, 0.5) is 5.95 Å². The second-order valence-corrected chi connectivity index (χ2v) is 7.94. The van der Waals surface area contributed by atoms with Gasteiger partial charge in [0, 0.05) is 37.6 Å². The third-order valence-electron chi connectivity index (χ3n) is 5.06. The molecule has 1 saturated heterocycles. The van der Waals surface area contributed by atoms with Crippen LogP contribution in [0.25, 0.3) is 5.57 Å². The zero-order valence-corrected chi connectivity index (χ0v) is 18.1. The molecule has 0 spiro atoms. The van der Waals surface area contributed by atoms with Gasteiger partial charge in [-0.3, -0.25) is 4.79 Å². The van der Waals surface area contributed by atoms with Crippen molar-refractivity contribution < 1.29 is 14.6 Å². The lowest BCUT2D eigenvalue weighted by atomic mass is 9.90. The summed E-state index contributed by atoms with van der Waals surface area (Å²) in [5.74, 6) is 0.414. The Morgan fingerprint density at radius 3 is 3.00 bits per heavy atom. The van der Waals surface area contributed by atoms with Gasteiger partial charge in [-0.2, -0.15) is 5.26 Å². The Morgan fingerprint density at radius 2 is 2.29 bits per heavy atom. The monoisotopic (exact) mass is 424 g/mol. The van der Waals surface area contributed by atoms with Crippen LogP contribution in [0, 0.1) is 18.3 Å². The van der Waals surface area contributed by atoms with Gasteiger partial charge < -0.3 is 25.4 Å². The SMILES string of the molecule is Cc1cnc(NCCCN2CCOCC2=O)nc1/C(C#N)=C1\NC=CC=C1C(C)(C)O. The Morgan fingerprint density at radius 1 is 1.48 bits per heavy atom. The molecule has 1 aromatic heterocycles. The normalized spacial score (nSPS) is 18.2. The fraction of sp³-hybridized carbons (Fsp3) is 0.455. The third-order valence-corrected chi connectivity index (χ3v) is 5.06. The van der Waals surface area contributed by atoms with Gasteiger partial charge in [0.1, 0.15) is 18.2 Å². The summed E-state index contributed by atoms with van der Waals surface area (Å²) in [5.41, 5.74) is 1.58. The standard InChI is InChI=1S/C22H28N6O3/c1-15-13-26-21(25-8-5-9-28-10-11-31-14-18(28)29)27-19(15)16(12-23)20-17(22(2,3)30)6-4-7-24-20/h4,6-7,13,24,30H,5,8-11,14H2,1-3H3,(H,25,26,27)/b20-16-. The molecule has 1 aromatic rings. The smallest absolute Gasteiger partial charge is 0.248 e. The van der Waals surface area contributed by atoms with Crippen LogP contribution in [0.1, 0.15) is 31.5 Å². The second kappa shape index (κ2) is 9.73. The predicted molar refractivity (Wildman–Crippen MR) is 116 cm³/mol. The largest absolute Gasteiger partial charge is 0.386 e. The van der Waals surface area contributed by atoms with Gasteiger partial charge in [-0.25, -0.2) is 9.97 Å². The van der Waals surface area contributed by atoms with Gasteiger partial charge in [-0.1, -0.05) is 6.08 Å². The summed E-state index contributed by atoms with van der Waals surface area (Å²) in [7, 11) is 0. The third kappa shape index (κ3) is 5.48. The minimum absolute atomic E-state index is 0.00936. The number of morpholine rings is 1. The first-order valence-corrected chi connectivity index (χ1v) is 10.3. The Labute approximate surface area is 182 Å². The number of nitrogens with one attached hydrogen (secondary N) is 2. The molecule has 9 nitrogen and oxygen atoms in total. The molecule has 0 atom stereocenters. The average Bonchev–Trinajstić information content (AvgIpc) is 2.74. The quantitative estimate of drug-likeness (QED) is 0.444. The number of carbonyl (C=O) groups is 1. The number of nitrogens with zero attached hydrogens (tertiary/aromatic N) is 4. The van der Waals surface area contributed by atoms with E-state index in [1.165, 1.54) is 0 Å². The number of carbonyl (C=O) groups excluding carboxylic acids is 1. The fourth-order valence-electron chi connectivity index (χ4n) is 3.42. The predicted octanol–water partition coefficient (Wildman–Crippen LogP) is 1.49. The van der Waals surface area contributed by atoms with Gasteiger partial charge in [0.2, 0.25) is 11.9 Å². The molecule has 3 heterocycles. The molecular formula is C22H28N6O3. The highest BCUT2D eigenvalue weighted by Gasteiger charge is 2.27. The Hall–Kier alpha value is -3.22. The Kier molecular flexibility index (Phi) is 7.05. The summed E-state index contributed by atoms with van der Waals surface area (Å²) in [6, 6.07) is 2.23. The maximum absolute atomic E-state index is 11.8. The van der Waals surface area contributed by atoms with E-state index < -0.39 is 5.60 Å². The minimum atomic E-state index is -1.13. The summed E-state index contributed by atoms with van der Waals surface area (Å²) < 4.78 is 5.14. The molecule has 31 heavy (non-hydrogen) atoms. The number of ether oxygens (including phenoxy) is 1. The van der Waals surface area contributed by atoms with Crippen LogP contribution in [0.5, 0.6) is 0 Å². The molecule has 0 bridgehead atoms. The molecule has 3 rings (SSSR count). The van der Waals surface area contributed by atoms with E-state index in [0.29, 0.717) is 54.7 Å².